The number of hydrogen-bond donors (Lipinski definition) is 0. The predicted molar refractivity (Wildman–Crippen MR) is 115 cm³/mol. The van der Waals surface area contributed by atoms with Crippen molar-refractivity contribution in [1.82, 2.24) is 9.80 Å². The van der Waals surface area contributed by atoms with E-state index in [0.717, 1.165) is 23.6 Å². The van der Waals surface area contributed by atoms with Crippen molar-refractivity contribution < 1.29 is 18.9 Å². The van der Waals surface area contributed by atoms with E-state index in [0.29, 0.717) is 30.9 Å². The molecule has 0 radical (unpaired) electrons. The standard InChI is InChI=1S/C22H28N5O3/c1-6-30-17-9-7-16(8-10-17)25-12-15(4)13-26-18-19(23-21(25)26)24(5)22(29)27(20(18)28)11-14(2)3/h7-10,15,18H,2,6,11-13H2,1,3-5H3/q+1. The molecule has 0 saturated carbocycles. The van der Waals surface area contributed by atoms with Gasteiger partial charge in [0.1, 0.15) is 11.4 Å². The lowest BCUT2D eigenvalue weighted by molar-refractivity contribution is -0.545. The Morgan fingerprint density at radius 3 is 2.63 bits per heavy atom. The van der Waals surface area contributed by atoms with E-state index in [4.69, 9.17) is 9.73 Å². The van der Waals surface area contributed by atoms with E-state index < -0.39 is 6.04 Å². The van der Waals surface area contributed by atoms with E-state index in [-0.39, 0.29) is 18.5 Å². The van der Waals surface area contributed by atoms with Crippen molar-refractivity contribution in [2.45, 2.75) is 26.8 Å². The molecule has 2 unspecified atom stereocenters. The van der Waals surface area contributed by atoms with Crippen LogP contribution in [0.4, 0.5) is 10.5 Å². The van der Waals surface area contributed by atoms with Crippen LogP contribution in [0.5, 0.6) is 5.75 Å². The summed E-state index contributed by atoms with van der Waals surface area (Å²) in [5.41, 5.74) is 1.74. The number of anilines is 1. The highest BCUT2D eigenvalue weighted by molar-refractivity contribution is 6.24. The average molecular weight is 410 g/mol. The average Bonchev–Trinajstić information content (AvgIpc) is 3.09. The zero-order valence-electron chi connectivity index (χ0n) is 18.0. The molecule has 3 aliphatic rings. The summed E-state index contributed by atoms with van der Waals surface area (Å²) < 4.78 is 7.58. The number of amides is 3. The normalized spacial score (nSPS) is 23.5. The fourth-order valence-corrected chi connectivity index (χ4v) is 4.22. The molecule has 30 heavy (non-hydrogen) atoms. The molecule has 1 saturated heterocycles. The fraction of sp³-hybridized carbons (Fsp3) is 0.455. The van der Waals surface area contributed by atoms with Crippen LogP contribution in [0.25, 0.3) is 0 Å². The summed E-state index contributed by atoms with van der Waals surface area (Å²) in [5, 5.41) is 0. The minimum absolute atomic E-state index is 0.215. The van der Waals surface area contributed by atoms with Crippen molar-refractivity contribution >= 4 is 29.4 Å². The molecule has 1 aromatic carbocycles. The van der Waals surface area contributed by atoms with Gasteiger partial charge in [0.2, 0.25) is 11.9 Å². The van der Waals surface area contributed by atoms with Crippen LogP contribution in [-0.2, 0) is 4.79 Å². The van der Waals surface area contributed by atoms with Crippen molar-refractivity contribution in [3.05, 3.63) is 36.4 Å². The number of benzene rings is 1. The molecule has 1 aromatic rings. The molecule has 158 valence electrons. The Hall–Kier alpha value is -3.16. The number of aliphatic imine (C=N–C) groups is 1. The molecule has 8 heteroatoms. The zero-order chi connectivity index (χ0) is 21.6. The number of rotatable bonds is 5. The van der Waals surface area contributed by atoms with Crippen LogP contribution in [0.3, 0.4) is 0 Å². The summed E-state index contributed by atoms with van der Waals surface area (Å²) in [6, 6.07) is 6.93. The first-order chi connectivity index (χ1) is 14.3. The predicted octanol–water partition coefficient (Wildman–Crippen LogP) is 2.16. The molecule has 0 bridgehead atoms. The van der Waals surface area contributed by atoms with Crippen LogP contribution < -0.4 is 9.64 Å². The van der Waals surface area contributed by atoms with E-state index in [1.165, 1.54) is 9.80 Å². The Labute approximate surface area is 176 Å². The molecule has 0 aromatic heterocycles. The van der Waals surface area contributed by atoms with Gasteiger partial charge in [-0.2, -0.15) is 0 Å². The number of amidine groups is 1. The molecular weight excluding hydrogens is 382 g/mol. The number of hydrogen-bond acceptors (Lipinski definition) is 5. The van der Waals surface area contributed by atoms with Gasteiger partial charge in [0, 0.05) is 13.0 Å². The number of carbonyl (C=O) groups is 2. The lowest BCUT2D eigenvalue weighted by atomic mass is 10.1. The molecule has 0 spiro atoms. The van der Waals surface area contributed by atoms with E-state index in [9.17, 15) is 9.59 Å². The molecule has 3 aliphatic heterocycles. The maximum atomic E-state index is 13.3. The Bertz CT molecular complexity index is 965. The molecule has 4 rings (SSSR count). The van der Waals surface area contributed by atoms with Gasteiger partial charge in [0.25, 0.3) is 5.91 Å². The number of imide groups is 1. The minimum Gasteiger partial charge on any atom is -0.494 e. The highest BCUT2D eigenvalue weighted by atomic mass is 16.5. The van der Waals surface area contributed by atoms with Crippen LogP contribution >= 0.6 is 0 Å². The van der Waals surface area contributed by atoms with Crippen LogP contribution in [0.1, 0.15) is 20.8 Å². The third-order valence-corrected chi connectivity index (χ3v) is 5.52. The minimum atomic E-state index is -0.588. The zero-order valence-corrected chi connectivity index (χ0v) is 18.0. The number of carbonyl (C=O) groups excluding carboxylic acids is 2. The number of fused-ring (bicyclic) bond motifs is 2. The van der Waals surface area contributed by atoms with E-state index >= 15 is 0 Å². The topological polar surface area (TPSA) is 68.5 Å². The highest BCUT2D eigenvalue weighted by Crippen LogP contribution is 2.29. The SMILES string of the molecule is C=C(C)CN1C(=O)C2C(=NC3=[N+]2CC(C)CN3c2ccc(OCC)cc2)N(C)C1=O. The van der Waals surface area contributed by atoms with Crippen molar-refractivity contribution in [2.24, 2.45) is 10.9 Å². The van der Waals surface area contributed by atoms with Crippen molar-refractivity contribution in [1.29, 1.82) is 0 Å². The fourth-order valence-electron chi connectivity index (χ4n) is 4.22. The number of urea groups is 1. The molecule has 8 nitrogen and oxygen atoms in total. The summed E-state index contributed by atoms with van der Waals surface area (Å²) in [4.78, 5) is 35.7. The number of ether oxygens (including phenoxy) is 1. The summed E-state index contributed by atoms with van der Waals surface area (Å²) >= 11 is 0. The van der Waals surface area contributed by atoms with Gasteiger partial charge < -0.3 is 4.74 Å². The molecule has 0 aliphatic carbocycles. The third-order valence-electron chi connectivity index (χ3n) is 5.52. The summed E-state index contributed by atoms with van der Waals surface area (Å²) in [7, 11) is 1.68. The molecule has 3 amide bonds. The Morgan fingerprint density at radius 1 is 1.30 bits per heavy atom. The highest BCUT2D eigenvalue weighted by Gasteiger charge is 2.55. The van der Waals surface area contributed by atoms with Crippen LogP contribution in [-0.4, -0.2) is 77.4 Å². The quantitative estimate of drug-likeness (QED) is 0.551. The summed E-state index contributed by atoms with van der Waals surface area (Å²) in [6.45, 7) is 12.1. The van der Waals surface area contributed by atoms with Crippen LogP contribution in [0, 0.1) is 5.92 Å². The molecule has 2 atom stereocenters. The summed E-state index contributed by atoms with van der Waals surface area (Å²) in [5.74, 6) is 2.09. The first kappa shape index (κ1) is 20.1. The van der Waals surface area contributed by atoms with Gasteiger partial charge in [0.15, 0.2) is 0 Å². The van der Waals surface area contributed by atoms with Crippen molar-refractivity contribution in [3.8, 4) is 5.75 Å². The van der Waals surface area contributed by atoms with Gasteiger partial charge in [-0.05, 0) is 38.1 Å². The summed E-state index contributed by atoms with van der Waals surface area (Å²) in [6.07, 6.45) is 0. The first-order valence-electron chi connectivity index (χ1n) is 10.3. The van der Waals surface area contributed by atoms with Crippen molar-refractivity contribution in [2.75, 3.05) is 38.2 Å². The molecular formula is C22H28N5O3+. The Morgan fingerprint density at radius 2 is 2.00 bits per heavy atom. The second-order valence-corrected chi connectivity index (χ2v) is 8.19. The number of guanidine groups is 1. The second kappa shape index (κ2) is 7.59. The molecule has 3 heterocycles. The lowest BCUT2D eigenvalue weighted by Crippen LogP contribution is -2.63. The maximum Gasteiger partial charge on any atom is 0.397 e. The van der Waals surface area contributed by atoms with Gasteiger partial charge in [-0.15, -0.1) is 0 Å². The lowest BCUT2D eigenvalue weighted by Gasteiger charge is -2.35. The Kier molecular flexibility index (Phi) is 5.09. The van der Waals surface area contributed by atoms with Gasteiger partial charge in [-0.3, -0.25) is 14.6 Å². The smallest absolute Gasteiger partial charge is 0.397 e. The van der Waals surface area contributed by atoms with Gasteiger partial charge >= 0.3 is 12.0 Å². The first-order valence-corrected chi connectivity index (χ1v) is 10.3. The van der Waals surface area contributed by atoms with E-state index in [2.05, 4.69) is 18.4 Å². The Balaban J connectivity index is 1.73. The molecule has 1 fully saturated rings. The molecule has 0 N–H and O–H groups in total. The van der Waals surface area contributed by atoms with Gasteiger partial charge in [-0.1, -0.05) is 24.1 Å². The maximum absolute atomic E-state index is 13.3. The van der Waals surface area contributed by atoms with Crippen LogP contribution in [0.2, 0.25) is 0 Å². The van der Waals surface area contributed by atoms with Crippen molar-refractivity contribution in [3.63, 3.8) is 0 Å². The second-order valence-electron chi connectivity index (χ2n) is 8.19. The van der Waals surface area contributed by atoms with Crippen LogP contribution in [0.15, 0.2) is 41.4 Å². The van der Waals surface area contributed by atoms with E-state index in [1.807, 2.05) is 42.7 Å². The number of likely N-dealkylation sites (N-methyl/N-ethyl adjacent to an activating group) is 1. The number of nitrogens with zero attached hydrogens (tertiary/aromatic N) is 5. The monoisotopic (exact) mass is 410 g/mol. The van der Waals surface area contributed by atoms with Gasteiger partial charge in [0.05, 0.1) is 26.2 Å². The third kappa shape index (κ3) is 3.26. The van der Waals surface area contributed by atoms with E-state index in [1.54, 1.807) is 7.05 Å². The largest absolute Gasteiger partial charge is 0.494 e. The van der Waals surface area contributed by atoms with Gasteiger partial charge in [-0.25, -0.2) is 14.3 Å².